The predicted molar refractivity (Wildman–Crippen MR) is 196 cm³/mol. The zero-order valence-electron chi connectivity index (χ0n) is 28.5. The van der Waals surface area contributed by atoms with E-state index in [4.69, 9.17) is 15.2 Å². The van der Waals surface area contributed by atoms with Gasteiger partial charge in [-0.2, -0.15) is 0 Å². The van der Waals surface area contributed by atoms with Crippen LogP contribution >= 0.6 is 0 Å². The summed E-state index contributed by atoms with van der Waals surface area (Å²) in [7, 11) is 0. The third-order valence-corrected chi connectivity index (χ3v) is 10.0. The van der Waals surface area contributed by atoms with Crippen LogP contribution in [0.25, 0.3) is 16.6 Å². The van der Waals surface area contributed by atoms with Crippen LogP contribution in [-0.4, -0.2) is 51.5 Å². The smallest absolute Gasteiger partial charge is 0.161 e. The predicted octanol–water partition coefficient (Wildman–Crippen LogP) is 6.16. The number of aliphatic hydroxyl groups excluding tert-OH is 2. The number of ether oxygens (including phenoxy) is 2. The molecule has 3 aliphatic heterocycles. The number of nitrogens with two attached hydrogens (primary N) is 1. The Balaban J connectivity index is 1.36. The van der Waals surface area contributed by atoms with E-state index in [2.05, 4.69) is 70.5 Å². The highest BCUT2D eigenvalue weighted by atomic mass is 16.5. The second kappa shape index (κ2) is 15.6. The van der Waals surface area contributed by atoms with Gasteiger partial charge in [0.2, 0.25) is 0 Å². The summed E-state index contributed by atoms with van der Waals surface area (Å²) in [4.78, 5) is 0. The van der Waals surface area contributed by atoms with Crippen molar-refractivity contribution in [1.82, 2.24) is 9.88 Å². The van der Waals surface area contributed by atoms with E-state index in [0.717, 1.165) is 76.5 Å². The lowest BCUT2D eigenvalue weighted by atomic mass is 9.94. The van der Waals surface area contributed by atoms with Crippen molar-refractivity contribution in [2.24, 2.45) is 11.7 Å². The number of fused-ring (bicyclic) bond motifs is 6. The lowest BCUT2D eigenvalue weighted by Crippen LogP contribution is -2.40. The molecular formula is C42H47N3O5. The van der Waals surface area contributed by atoms with Crippen LogP contribution in [0.15, 0.2) is 90.3 Å². The summed E-state index contributed by atoms with van der Waals surface area (Å²) in [6, 6.07) is 20.3. The van der Waals surface area contributed by atoms with Crippen molar-refractivity contribution in [2.75, 3.05) is 13.2 Å². The number of hydrogen-bond acceptors (Lipinski definition) is 7. The number of rotatable bonds is 5. The molecule has 3 aliphatic rings. The van der Waals surface area contributed by atoms with E-state index in [-0.39, 0.29) is 31.0 Å². The van der Waals surface area contributed by atoms with E-state index < -0.39 is 12.3 Å². The maximum absolute atomic E-state index is 11.2. The topological polar surface area (TPSA) is 122 Å². The molecule has 4 aromatic rings. The van der Waals surface area contributed by atoms with Crippen LogP contribution in [0.5, 0.6) is 11.5 Å². The summed E-state index contributed by atoms with van der Waals surface area (Å²) in [5.74, 6) is 8.47. The van der Waals surface area contributed by atoms with Crippen molar-refractivity contribution < 1.29 is 24.8 Å². The first kappa shape index (κ1) is 34.0. The fraction of sp³-hybridized carbons (Fsp3) is 0.381. The van der Waals surface area contributed by atoms with Crippen LogP contribution in [0.1, 0.15) is 67.2 Å². The van der Waals surface area contributed by atoms with Gasteiger partial charge in [0, 0.05) is 46.8 Å². The van der Waals surface area contributed by atoms with E-state index in [9.17, 15) is 15.3 Å². The third kappa shape index (κ3) is 8.09. The summed E-state index contributed by atoms with van der Waals surface area (Å²) < 4.78 is 15.1. The number of nitrogens with zero attached hydrogens (tertiary/aromatic N) is 1. The fourth-order valence-corrected chi connectivity index (χ4v) is 7.37. The molecular weight excluding hydrogens is 626 g/mol. The first-order valence-electron chi connectivity index (χ1n) is 17.9. The second-order valence-corrected chi connectivity index (χ2v) is 13.9. The Morgan fingerprint density at radius 1 is 0.980 bits per heavy atom. The van der Waals surface area contributed by atoms with E-state index in [1.165, 1.54) is 5.56 Å². The first-order chi connectivity index (χ1) is 24.4. The molecule has 0 fully saturated rings. The average Bonchev–Trinajstić information content (AvgIpc) is 3.53. The average molecular weight is 674 g/mol. The van der Waals surface area contributed by atoms with Crippen molar-refractivity contribution in [3.63, 3.8) is 0 Å². The van der Waals surface area contributed by atoms with Gasteiger partial charge in [-0.05, 0) is 104 Å². The molecule has 0 spiro atoms. The molecule has 1 aromatic heterocycles. The molecule has 8 nitrogen and oxygen atoms in total. The van der Waals surface area contributed by atoms with Crippen LogP contribution in [0.3, 0.4) is 0 Å². The summed E-state index contributed by atoms with van der Waals surface area (Å²) in [6.07, 6.45) is 11.7. The zero-order chi connectivity index (χ0) is 34.5. The molecule has 6 bridgehead atoms. The van der Waals surface area contributed by atoms with Gasteiger partial charge in [0.05, 0.1) is 25.0 Å². The molecule has 0 radical (unpaired) electrons. The summed E-state index contributed by atoms with van der Waals surface area (Å²) >= 11 is 0. The number of benzene rings is 3. The third-order valence-electron chi connectivity index (χ3n) is 10.0. The van der Waals surface area contributed by atoms with Gasteiger partial charge < -0.3 is 40.4 Å². The Kier molecular flexibility index (Phi) is 10.6. The van der Waals surface area contributed by atoms with Crippen molar-refractivity contribution in [3.05, 3.63) is 113 Å². The first-order valence-corrected chi connectivity index (χ1v) is 17.9. The maximum Gasteiger partial charge on any atom is 0.161 e. The Morgan fingerprint density at radius 2 is 1.86 bits per heavy atom. The highest BCUT2D eigenvalue weighted by Gasteiger charge is 2.25. The second-order valence-electron chi connectivity index (χ2n) is 13.9. The minimum absolute atomic E-state index is 0.0878. The van der Waals surface area contributed by atoms with Crippen LogP contribution in [0, 0.1) is 17.8 Å². The van der Waals surface area contributed by atoms with Crippen LogP contribution in [0.2, 0.25) is 0 Å². The lowest BCUT2D eigenvalue weighted by molar-refractivity contribution is 0.0166. The molecule has 50 heavy (non-hydrogen) atoms. The summed E-state index contributed by atoms with van der Waals surface area (Å²) in [5, 5.41) is 37.2. The van der Waals surface area contributed by atoms with Gasteiger partial charge in [0.1, 0.15) is 12.4 Å². The zero-order valence-corrected chi connectivity index (χ0v) is 28.5. The lowest BCUT2D eigenvalue weighted by Gasteiger charge is -2.28. The van der Waals surface area contributed by atoms with Gasteiger partial charge in [-0.25, -0.2) is 0 Å². The van der Waals surface area contributed by atoms with E-state index in [0.29, 0.717) is 38.0 Å². The van der Waals surface area contributed by atoms with Crippen LogP contribution in [-0.2, 0) is 24.2 Å². The standard InChI is InChI=1S/C42H47N3O5/c43-41-22-32-14-11-28(9-5-17-46)8-4-10-36-23-35(47)15-12-30-13-16-39(48)40(21-30)50-26-34-20-31(18-29-6-2-1-3-7-29)19-33-24-45(25-37(33)34)42(44-41)38(32)27-49-36/h1-3,6-7,13,16,19-22,24-25,28,35-36,41,44,46-48H,4-5,8-10,12,15,17-18,23,26-27,43H2/t28-,35+,36-,41?/m0/s1. The Labute approximate surface area is 294 Å². The van der Waals surface area contributed by atoms with Crippen LogP contribution < -0.4 is 15.8 Å². The Bertz CT molecular complexity index is 1940. The summed E-state index contributed by atoms with van der Waals surface area (Å²) in [5.41, 5.74) is 12.7. The maximum atomic E-state index is 11.2. The van der Waals surface area contributed by atoms with E-state index >= 15 is 0 Å². The molecule has 0 aliphatic carbocycles. The number of hydrogen-bond donors (Lipinski definition) is 5. The molecule has 0 saturated carbocycles. The van der Waals surface area contributed by atoms with Gasteiger partial charge in [-0.3, -0.25) is 0 Å². The van der Waals surface area contributed by atoms with Gasteiger partial charge in [-0.1, -0.05) is 54.3 Å². The number of aromatic nitrogens is 1. The van der Waals surface area contributed by atoms with Crippen molar-refractivity contribution in [2.45, 2.75) is 82.8 Å². The highest BCUT2D eigenvalue weighted by molar-refractivity contribution is 5.88. The van der Waals surface area contributed by atoms with Gasteiger partial charge in [0.25, 0.3) is 0 Å². The number of dihydropyridines is 1. The molecule has 4 heterocycles. The molecule has 0 saturated heterocycles. The Hall–Kier alpha value is -4.52. The monoisotopic (exact) mass is 673 g/mol. The van der Waals surface area contributed by atoms with Gasteiger partial charge in [0.15, 0.2) is 11.5 Å². The molecule has 3 aromatic carbocycles. The number of phenolic OH excluding ortho intramolecular Hbond substituents is 1. The molecule has 260 valence electrons. The van der Waals surface area contributed by atoms with Crippen molar-refractivity contribution in [1.29, 1.82) is 0 Å². The number of aliphatic hydroxyl groups is 2. The highest BCUT2D eigenvalue weighted by Crippen LogP contribution is 2.33. The van der Waals surface area contributed by atoms with Gasteiger partial charge >= 0.3 is 0 Å². The molecule has 8 heteroatoms. The molecule has 6 N–H and O–H groups in total. The number of phenols is 1. The molecule has 0 amide bonds. The fourth-order valence-electron chi connectivity index (χ4n) is 7.37. The van der Waals surface area contributed by atoms with Crippen molar-refractivity contribution >= 4 is 16.6 Å². The van der Waals surface area contributed by atoms with E-state index in [1.54, 1.807) is 6.07 Å². The summed E-state index contributed by atoms with van der Waals surface area (Å²) in [6.45, 7) is 0.727. The van der Waals surface area contributed by atoms with Crippen molar-refractivity contribution in [3.8, 4) is 23.3 Å². The quantitative estimate of drug-likeness (QED) is 0.161. The van der Waals surface area contributed by atoms with Crippen LogP contribution in [0.4, 0.5) is 0 Å². The number of aromatic hydroxyl groups is 1. The number of aryl methyl sites for hydroxylation is 1. The SMILES string of the molecule is NC1C=C2C#C[C@H](CCCO)CCC[C@H]3C[C@H](O)CCc4ccc(O)c(c4)OCc4cc(Cc5ccccc5)cc5cn(cc45)C(=C2CO3)N1. The number of nitrogens with one attached hydrogen (secondary N) is 1. The molecule has 7 rings (SSSR count). The minimum Gasteiger partial charge on any atom is -0.504 e. The normalized spacial score (nSPS) is 22.7. The molecule has 1 unspecified atom stereocenters. The minimum atomic E-state index is -0.558. The largest absolute Gasteiger partial charge is 0.504 e. The van der Waals surface area contributed by atoms with E-state index in [1.807, 2.05) is 24.3 Å². The molecule has 4 atom stereocenters. The van der Waals surface area contributed by atoms with Gasteiger partial charge in [-0.15, -0.1) is 0 Å². The Morgan fingerprint density at radius 3 is 2.72 bits per heavy atom.